The van der Waals surface area contributed by atoms with E-state index in [2.05, 4.69) is 53.2 Å². The second-order valence-electron chi connectivity index (χ2n) is 0.666. The van der Waals surface area contributed by atoms with Gasteiger partial charge in [-0.1, -0.05) is 0 Å². The molecular formula is C2H6Br4OW. The topological polar surface area (TPSA) is 20.2 Å². The van der Waals surface area contributed by atoms with Gasteiger partial charge in [0.25, 0.3) is 0 Å². The fraction of sp³-hybridized carbons (Fsp3) is 1.00. The van der Waals surface area contributed by atoms with Gasteiger partial charge in [-0.25, -0.2) is 0 Å². The van der Waals surface area contributed by atoms with Crippen LogP contribution in [0.15, 0.2) is 0 Å². The second kappa shape index (κ2) is 7.67. The van der Waals surface area contributed by atoms with E-state index in [-0.39, 0.29) is 6.61 Å². The Balaban J connectivity index is 0. The first kappa shape index (κ1) is 13.2. The normalized spacial score (nSPS) is 11.8. The van der Waals surface area contributed by atoms with Crippen molar-refractivity contribution in [1.82, 2.24) is 0 Å². The van der Waals surface area contributed by atoms with Gasteiger partial charge in [0, 0.05) is 6.61 Å². The summed E-state index contributed by atoms with van der Waals surface area (Å²) in [5, 5.41) is 7.57. The summed E-state index contributed by atoms with van der Waals surface area (Å²) in [6.45, 7) is 1.93. The Labute approximate surface area is 78.4 Å². The summed E-state index contributed by atoms with van der Waals surface area (Å²) in [7, 11) is -1.92. The van der Waals surface area contributed by atoms with Crippen LogP contribution < -0.4 is 0 Å². The molecule has 0 heterocycles. The zero-order valence-electron chi connectivity index (χ0n) is 4.07. The van der Waals surface area contributed by atoms with E-state index in [1.54, 1.807) is 6.92 Å². The standard InChI is InChI=1S/C2H6O.4BrH.W/c1-2-3;;;;;/h3H,2H2,1H3;4*1H;/q;;;;;+4/p-4. The van der Waals surface area contributed by atoms with Crippen LogP contribution in [0.2, 0.25) is 0 Å². The third-order valence-corrected chi connectivity index (χ3v) is 0. The Morgan fingerprint density at radius 1 is 1.25 bits per heavy atom. The minimum atomic E-state index is -1.92. The minimum absolute atomic E-state index is 0.250. The SMILES string of the molecule is CCO.[Br][W]([Br])([Br])[Br]. The molecule has 6 heteroatoms. The van der Waals surface area contributed by atoms with Crippen LogP contribution in [-0.4, -0.2) is 11.7 Å². The van der Waals surface area contributed by atoms with Gasteiger partial charge in [-0.15, -0.1) is 0 Å². The van der Waals surface area contributed by atoms with E-state index in [0.29, 0.717) is 0 Å². The van der Waals surface area contributed by atoms with Crippen molar-refractivity contribution in [3.63, 3.8) is 0 Å². The van der Waals surface area contributed by atoms with Crippen LogP contribution >= 0.6 is 53.2 Å². The second-order valence-corrected chi connectivity index (χ2v) is 77.7. The summed E-state index contributed by atoms with van der Waals surface area (Å²) in [4.78, 5) is 0. The molecule has 0 rings (SSSR count). The molecule has 0 aromatic carbocycles. The van der Waals surface area contributed by atoms with Gasteiger partial charge >= 0.3 is 61.0 Å². The zero-order chi connectivity index (χ0) is 7.21. The van der Waals surface area contributed by atoms with Gasteiger partial charge in [0.2, 0.25) is 0 Å². The van der Waals surface area contributed by atoms with Crippen LogP contribution in [0.25, 0.3) is 0 Å². The molecule has 0 radical (unpaired) electrons. The van der Waals surface area contributed by atoms with E-state index >= 15 is 0 Å². The maximum atomic E-state index is 7.57. The molecule has 0 bridgehead atoms. The fourth-order valence-electron chi connectivity index (χ4n) is 0. The number of rotatable bonds is 0. The predicted molar refractivity (Wildman–Crippen MR) is 48.5 cm³/mol. The molecule has 0 aromatic rings. The van der Waals surface area contributed by atoms with Crippen molar-refractivity contribution in [3.05, 3.63) is 0 Å². The molecule has 54 valence electrons. The molecule has 0 saturated carbocycles. The van der Waals surface area contributed by atoms with Crippen LogP contribution in [0, 0.1) is 0 Å². The van der Waals surface area contributed by atoms with E-state index in [9.17, 15) is 0 Å². The molecule has 1 nitrogen and oxygen atoms in total. The summed E-state index contributed by atoms with van der Waals surface area (Å²) in [5.74, 6) is 0. The summed E-state index contributed by atoms with van der Waals surface area (Å²) < 4.78 is 0. The van der Waals surface area contributed by atoms with Gasteiger partial charge in [-0.05, 0) is 6.92 Å². The van der Waals surface area contributed by atoms with Gasteiger partial charge in [0.15, 0.2) is 0 Å². The van der Waals surface area contributed by atoms with E-state index in [1.165, 1.54) is 0 Å². The monoisotopic (exact) mass is 546 g/mol. The molecule has 0 spiro atoms. The molecule has 0 aromatic heterocycles. The van der Waals surface area contributed by atoms with Crippen molar-refractivity contribution >= 4 is 53.2 Å². The molecule has 1 N–H and O–H groups in total. The Morgan fingerprint density at radius 2 is 1.25 bits per heavy atom. The molecule has 0 aliphatic carbocycles. The number of halogens is 4. The van der Waals surface area contributed by atoms with Crippen molar-refractivity contribution in [2.45, 2.75) is 6.92 Å². The molecular weight excluding hydrogens is 543 g/mol. The van der Waals surface area contributed by atoms with E-state index in [1.807, 2.05) is 0 Å². The van der Waals surface area contributed by atoms with Gasteiger partial charge < -0.3 is 5.11 Å². The third kappa shape index (κ3) is 74.4. The third-order valence-electron chi connectivity index (χ3n) is 0. The van der Waals surface area contributed by atoms with Crippen LogP contribution in [-0.2, 0) is 7.84 Å². The number of hydrogen-bond donors (Lipinski definition) is 1. The summed E-state index contributed by atoms with van der Waals surface area (Å²) >= 11 is 13.3. The summed E-state index contributed by atoms with van der Waals surface area (Å²) in [6, 6.07) is 0. The maximum absolute atomic E-state index is 7.57. The van der Waals surface area contributed by atoms with E-state index < -0.39 is 7.84 Å². The van der Waals surface area contributed by atoms with Crippen LogP contribution in [0.3, 0.4) is 0 Å². The summed E-state index contributed by atoms with van der Waals surface area (Å²) in [6.07, 6.45) is 0. The average molecular weight is 550 g/mol. The first-order chi connectivity index (χ1) is 3.41. The zero-order valence-corrected chi connectivity index (χ0v) is 13.4. The van der Waals surface area contributed by atoms with Gasteiger partial charge in [0.05, 0.1) is 0 Å². The Kier molecular flexibility index (Phi) is 12.6. The first-order valence-corrected chi connectivity index (χ1v) is 27.3. The molecule has 0 unspecified atom stereocenters. The molecule has 0 fully saturated rings. The van der Waals surface area contributed by atoms with Gasteiger partial charge in [0.1, 0.15) is 0 Å². The Bertz CT molecular complexity index is 37.8. The first-order valence-electron chi connectivity index (χ1n) is 1.64. The van der Waals surface area contributed by atoms with E-state index in [0.717, 1.165) is 0 Å². The number of aliphatic hydroxyl groups excluding tert-OH is 1. The molecule has 0 aliphatic heterocycles. The van der Waals surface area contributed by atoms with Gasteiger partial charge in [-0.2, -0.15) is 0 Å². The predicted octanol–water partition coefficient (Wildman–Crippen LogP) is 3.38. The molecule has 0 atom stereocenters. The number of aliphatic hydroxyl groups is 1. The number of hydrogen-bond acceptors (Lipinski definition) is 1. The van der Waals surface area contributed by atoms with Crippen LogP contribution in [0.4, 0.5) is 0 Å². The average Bonchev–Trinajstić information content (AvgIpc) is 1.27. The molecule has 0 amide bonds. The van der Waals surface area contributed by atoms with Crippen LogP contribution in [0.5, 0.6) is 0 Å². The van der Waals surface area contributed by atoms with Crippen molar-refractivity contribution in [3.8, 4) is 0 Å². The quantitative estimate of drug-likeness (QED) is 0.492. The van der Waals surface area contributed by atoms with Crippen molar-refractivity contribution in [2.24, 2.45) is 0 Å². The fourth-order valence-corrected chi connectivity index (χ4v) is 0. The summed E-state index contributed by atoms with van der Waals surface area (Å²) in [5.41, 5.74) is 0. The van der Waals surface area contributed by atoms with E-state index in [4.69, 9.17) is 5.11 Å². The van der Waals surface area contributed by atoms with Crippen molar-refractivity contribution < 1.29 is 12.9 Å². The molecule has 0 saturated heterocycles. The van der Waals surface area contributed by atoms with Gasteiger partial charge in [-0.3, -0.25) is 0 Å². The van der Waals surface area contributed by atoms with Crippen molar-refractivity contribution in [1.29, 1.82) is 0 Å². The Morgan fingerprint density at radius 3 is 1.25 bits per heavy atom. The van der Waals surface area contributed by atoms with Crippen LogP contribution in [0.1, 0.15) is 6.92 Å². The molecule has 8 heavy (non-hydrogen) atoms. The van der Waals surface area contributed by atoms with Crippen molar-refractivity contribution in [2.75, 3.05) is 6.61 Å². The Hall–Kier alpha value is 2.57. The molecule has 0 aliphatic rings.